The predicted octanol–water partition coefficient (Wildman–Crippen LogP) is 3.62. The van der Waals surface area contributed by atoms with Gasteiger partial charge in [0.15, 0.2) is 11.5 Å². The van der Waals surface area contributed by atoms with E-state index in [1.165, 1.54) is 0 Å². The molecule has 1 heterocycles. The van der Waals surface area contributed by atoms with Gasteiger partial charge in [-0.2, -0.15) is 0 Å². The summed E-state index contributed by atoms with van der Waals surface area (Å²) in [5, 5.41) is 0. The minimum atomic E-state index is 0.593. The molecule has 0 atom stereocenters. The van der Waals surface area contributed by atoms with E-state index >= 15 is 0 Å². The zero-order valence-corrected chi connectivity index (χ0v) is 11.7. The molecule has 1 aliphatic heterocycles. The van der Waals surface area contributed by atoms with Gasteiger partial charge in [-0.3, -0.25) is 0 Å². The standard InChI is InChI=1S/C16H11BrO2/c17-14-3-1-2-12(10-14)4-5-13-6-7-15-16(11-13)19-9-8-18-15/h1-3,6-7,10-11H,8-9H2. The molecule has 0 spiro atoms. The average molecular weight is 315 g/mol. The van der Waals surface area contributed by atoms with Crippen LogP contribution in [0, 0.1) is 11.8 Å². The summed E-state index contributed by atoms with van der Waals surface area (Å²) in [4.78, 5) is 0. The zero-order valence-electron chi connectivity index (χ0n) is 10.2. The number of hydrogen-bond donors (Lipinski definition) is 0. The maximum atomic E-state index is 5.53. The fraction of sp³-hybridized carbons (Fsp3) is 0.125. The number of hydrogen-bond acceptors (Lipinski definition) is 2. The van der Waals surface area contributed by atoms with Crippen LogP contribution in [0.1, 0.15) is 11.1 Å². The van der Waals surface area contributed by atoms with Crippen LogP contribution in [0.2, 0.25) is 0 Å². The second-order valence-electron chi connectivity index (χ2n) is 4.12. The van der Waals surface area contributed by atoms with Gasteiger partial charge >= 0.3 is 0 Å². The molecule has 0 saturated heterocycles. The predicted molar refractivity (Wildman–Crippen MR) is 77.6 cm³/mol. The minimum absolute atomic E-state index is 0.593. The van der Waals surface area contributed by atoms with Crippen LogP contribution in [0.3, 0.4) is 0 Å². The lowest BCUT2D eigenvalue weighted by Gasteiger charge is -2.17. The molecule has 1 aliphatic rings. The molecule has 0 amide bonds. The van der Waals surface area contributed by atoms with Gasteiger partial charge in [0.2, 0.25) is 0 Å². The largest absolute Gasteiger partial charge is 0.486 e. The van der Waals surface area contributed by atoms with E-state index in [4.69, 9.17) is 9.47 Å². The van der Waals surface area contributed by atoms with Crippen molar-refractivity contribution in [1.82, 2.24) is 0 Å². The number of ether oxygens (including phenoxy) is 2. The number of fused-ring (bicyclic) bond motifs is 1. The molecular weight excluding hydrogens is 304 g/mol. The molecule has 0 aliphatic carbocycles. The van der Waals surface area contributed by atoms with Crippen molar-refractivity contribution in [3.8, 4) is 23.3 Å². The van der Waals surface area contributed by atoms with Gasteiger partial charge in [0.1, 0.15) is 13.2 Å². The van der Waals surface area contributed by atoms with Crippen molar-refractivity contribution in [2.24, 2.45) is 0 Å². The summed E-state index contributed by atoms with van der Waals surface area (Å²) in [6.45, 7) is 1.20. The number of halogens is 1. The Kier molecular flexibility index (Phi) is 3.43. The molecule has 2 nitrogen and oxygen atoms in total. The van der Waals surface area contributed by atoms with E-state index in [9.17, 15) is 0 Å². The minimum Gasteiger partial charge on any atom is -0.486 e. The van der Waals surface area contributed by atoms with E-state index in [-0.39, 0.29) is 0 Å². The SMILES string of the molecule is Brc1cccc(C#Cc2ccc3c(c2)OCCO3)c1. The summed E-state index contributed by atoms with van der Waals surface area (Å²) in [7, 11) is 0. The summed E-state index contributed by atoms with van der Waals surface area (Å²) >= 11 is 3.43. The summed E-state index contributed by atoms with van der Waals surface area (Å²) in [6.07, 6.45) is 0. The van der Waals surface area contributed by atoms with Crippen LogP contribution in [0.15, 0.2) is 46.9 Å². The summed E-state index contributed by atoms with van der Waals surface area (Å²) in [5.41, 5.74) is 1.90. The first-order valence-corrected chi connectivity index (χ1v) is 6.78. The molecule has 0 N–H and O–H groups in total. The molecule has 2 aromatic rings. The third-order valence-electron chi connectivity index (χ3n) is 2.72. The van der Waals surface area contributed by atoms with Crippen LogP contribution in [0.4, 0.5) is 0 Å². The van der Waals surface area contributed by atoms with E-state index in [1.807, 2.05) is 42.5 Å². The highest BCUT2D eigenvalue weighted by atomic mass is 79.9. The third kappa shape index (κ3) is 2.91. The van der Waals surface area contributed by atoms with Crippen LogP contribution < -0.4 is 9.47 Å². The Morgan fingerprint density at radius 1 is 0.842 bits per heavy atom. The smallest absolute Gasteiger partial charge is 0.162 e. The van der Waals surface area contributed by atoms with Gasteiger partial charge < -0.3 is 9.47 Å². The molecule has 3 heteroatoms. The fourth-order valence-corrected chi connectivity index (χ4v) is 2.23. The first-order valence-electron chi connectivity index (χ1n) is 5.98. The fourth-order valence-electron chi connectivity index (χ4n) is 1.83. The molecule has 0 radical (unpaired) electrons. The summed E-state index contributed by atoms with van der Waals surface area (Å²) < 4.78 is 12.0. The highest BCUT2D eigenvalue weighted by Gasteiger charge is 2.10. The molecular formula is C16H11BrO2. The van der Waals surface area contributed by atoms with Crippen LogP contribution in [-0.2, 0) is 0 Å². The molecule has 0 fully saturated rings. The third-order valence-corrected chi connectivity index (χ3v) is 3.21. The van der Waals surface area contributed by atoms with E-state index in [2.05, 4.69) is 27.8 Å². The first kappa shape index (κ1) is 12.1. The topological polar surface area (TPSA) is 18.5 Å². The van der Waals surface area contributed by atoms with Crippen LogP contribution in [0.25, 0.3) is 0 Å². The van der Waals surface area contributed by atoms with Crippen molar-refractivity contribution >= 4 is 15.9 Å². The van der Waals surface area contributed by atoms with Crippen LogP contribution >= 0.6 is 15.9 Å². The normalized spacial score (nSPS) is 12.5. The Labute approximate surface area is 120 Å². The van der Waals surface area contributed by atoms with Gasteiger partial charge in [-0.25, -0.2) is 0 Å². The van der Waals surface area contributed by atoms with Crippen LogP contribution in [-0.4, -0.2) is 13.2 Å². The Bertz CT molecular complexity index is 668. The van der Waals surface area contributed by atoms with Gasteiger partial charge in [-0.1, -0.05) is 33.8 Å². The van der Waals surface area contributed by atoms with Crippen molar-refractivity contribution in [1.29, 1.82) is 0 Å². The molecule has 19 heavy (non-hydrogen) atoms. The molecule has 0 saturated carbocycles. The van der Waals surface area contributed by atoms with E-state index < -0.39 is 0 Å². The molecule has 2 aromatic carbocycles. The lowest BCUT2D eigenvalue weighted by atomic mass is 10.1. The van der Waals surface area contributed by atoms with Gasteiger partial charge in [0.05, 0.1) is 0 Å². The maximum Gasteiger partial charge on any atom is 0.162 e. The Balaban J connectivity index is 1.88. The Hall–Kier alpha value is -1.92. The van der Waals surface area contributed by atoms with E-state index in [0.717, 1.165) is 27.1 Å². The van der Waals surface area contributed by atoms with E-state index in [0.29, 0.717) is 13.2 Å². The van der Waals surface area contributed by atoms with Crippen LogP contribution in [0.5, 0.6) is 11.5 Å². The second-order valence-corrected chi connectivity index (χ2v) is 5.03. The first-order chi connectivity index (χ1) is 9.31. The second kappa shape index (κ2) is 5.38. The van der Waals surface area contributed by atoms with Gasteiger partial charge in [-0.05, 0) is 36.4 Å². The molecule has 0 bridgehead atoms. The highest BCUT2D eigenvalue weighted by Crippen LogP contribution is 2.30. The number of benzene rings is 2. The van der Waals surface area contributed by atoms with Gasteiger partial charge in [0, 0.05) is 15.6 Å². The van der Waals surface area contributed by atoms with Crippen molar-refractivity contribution in [2.75, 3.05) is 13.2 Å². The quantitative estimate of drug-likeness (QED) is 0.691. The number of rotatable bonds is 0. The van der Waals surface area contributed by atoms with Crippen molar-refractivity contribution in [2.45, 2.75) is 0 Å². The van der Waals surface area contributed by atoms with Gasteiger partial charge in [0.25, 0.3) is 0 Å². The lowest BCUT2D eigenvalue weighted by molar-refractivity contribution is 0.171. The average Bonchev–Trinajstić information content (AvgIpc) is 2.45. The van der Waals surface area contributed by atoms with Crippen molar-refractivity contribution in [3.05, 3.63) is 58.1 Å². The molecule has 0 unspecified atom stereocenters. The summed E-state index contributed by atoms with van der Waals surface area (Å²) in [6, 6.07) is 13.7. The molecule has 0 aromatic heterocycles. The zero-order chi connectivity index (χ0) is 13.1. The van der Waals surface area contributed by atoms with Crippen molar-refractivity contribution in [3.63, 3.8) is 0 Å². The lowest BCUT2D eigenvalue weighted by Crippen LogP contribution is -2.15. The maximum absolute atomic E-state index is 5.53. The van der Waals surface area contributed by atoms with Gasteiger partial charge in [-0.15, -0.1) is 0 Å². The van der Waals surface area contributed by atoms with Crippen molar-refractivity contribution < 1.29 is 9.47 Å². The molecule has 3 rings (SSSR count). The highest BCUT2D eigenvalue weighted by molar-refractivity contribution is 9.10. The van der Waals surface area contributed by atoms with E-state index in [1.54, 1.807) is 0 Å². The Morgan fingerprint density at radius 2 is 1.58 bits per heavy atom. The summed E-state index contributed by atoms with van der Waals surface area (Å²) in [5.74, 6) is 7.83. The Morgan fingerprint density at radius 3 is 2.37 bits per heavy atom. The monoisotopic (exact) mass is 314 g/mol. The molecule has 94 valence electrons.